The topological polar surface area (TPSA) is 56.1 Å². The van der Waals surface area contributed by atoms with E-state index in [0.29, 0.717) is 11.3 Å². The van der Waals surface area contributed by atoms with Crippen molar-refractivity contribution in [1.82, 2.24) is 9.78 Å². The van der Waals surface area contributed by atoms with Crippen LogP contribution in [0.25, 0.3) is 0 Å². The number of carbonyl (C=O) groups excluding carboxylic acids is 1. The number of hydrogen-bond donors (Lipinski definition) is 1. The van der Waals surface area contributed by atoms with E-state index < -0.39 is 0 Å². The molecule has 5 nitrogen and oxygen atoms in total. The first kappa shape index (κ1) is 12.2. The van der Waals surface area contributed by atoms with Crippen LogP contribution in [0.1, 0.15) is 33.4 Å². The fraction of sp³-hybridized carbons (Fsp3) is 0.385. The minimum Gasteiger partial charge on any atom is -0.465 e. The molecule has 1 aliphatic rings. The fourth-order valence-electron chi connectivity index (χ4n) is 2.48. The zero-order valence-corrected chi connectivity index (χ0v) is 11.7. The molecule has 0 aliphatic carbocycles. The van der Waals surface area contributed by atoms with Crippen molar-refractivity contribution in [1.29, 1.82) is 0 Å². The summed E-state index contributed by atoms with van der Waals surface area (Å²) in [6, 6.07) is 4.35. The molecule has 3 rings (SSSR count). The number of esters is 1. The van der Waals surface area contributed by atoms with Crippen molar-refractivity contribution in [3.8, 4) is 0 Å². The SMILES string of the molecule is COC(=O)c1c(C)nn2c1NCCC2c1cccs1. The summed E-state index contributed by atoms with van der Waals surface area (Å²) in [5.74, 6) is 0.437. The average molecular weight is 277 g/mol. The molecule has 100 valence electrons. The monoisotopic (exact) mass is 277 g/mol. The predicted octanol–water partition coefficient (Wildman–Crippen LogP) is 2.44. The van der Waals surface area contributed by atoms with Gasteiger partial charge in [0.25, 0.3) is 0 Å². The Morgan fingerprint density at radius 1 is 1.63 bits per heavy atom. The van der Waals surface area contributed by atoms with E-state index in [2.05, 4.69) is 21.9 Å². The van der Waals surface area contributed by atoms with Crippen LogP contribution in [0, 0.1) is 6.92 Å². The van der Waals surface area contributed by atoms with E-state index in [0.717, 1.165) is 18.8 Å². The maximum absolute atomic E-state index is 11.8. The molecule has 1 unspecified atom stereocenters. The number of thiophene rings is 1. The Morgan fingerprint density at radius 2 is 2.47 bits per heavy atom. The Labute approximate surface area is 115 Å². The van der Waals surface area contributed by atoms with Crippen LogP contribution in [0.15, 0.2) is 17.5 Å². The number of rotatable bonds is 2. The van der Waals surface area contributed by atoms with Crippen molar-refractivity contribution < 1.29 is 9.53 Å². The van der Waals surface area contributed by atoms with Gasteiger partial charge in [0.2, 0.25) is 0 Å². The van der Waals surface area contributed by atoms with Gasteiger partial charge in [-0.25, -0.2) is 9.48 Å². The number of fused-ring (bicyclic) bond motifs is 1. The third kappa shape index (κ3) is 1.92. The number of ether oxygens (including phenoxy) is 1. The van der Waals surface area contributed by atoms with Crippen LogP contribution in [0.3, 0.4) is 0 Å². The first-order chi connectivity index (χ1) is 9.22. The average Bonchev–Trinajstić information content (AvgIpc) is 3.03. The molecule has 3 heterocycles. The molecular weight excluding hydrogens is 262 g/mol. The zero-order valence-electron chi connectivity index (χ0n) is 10.8. The van der Waals surface area contributed by atoms with Gasteiger partial charge >= 0.3 is 5.97 Å². The minimum atomic E-state index is -0.335. The molecule has 0 amide bonds. The lowest BCUT2D eigenvalue weighted by molar-refractivity contribution is 0.0601. The second-order valence-electron chi connectivity index (χ2n) is 4.49. The number of anilines is 1. The van der Waals surface area contributed by atoms with Gasteiger partial charge in [0.1, 0.15) is 11.4 Å². The maximum atomic E-state index is 11.8. The van der Waals surface area contributed by atoms with Crippen LogP contribution in [0.5, 0.6) is 0 Å². The first-order valence-electron chi connectivity index (χ1n) is 6.17. The summed E-state index contributed by atoms with van der Waals surface area (Å²) in [6.07, 6.45) is 0.968. The molecule has 2 aromatic rings. The quantitative estimate of drug-likeness (QED) is 0.857. The molecule has 0 aromatic carbocycles. The second-order valence-corrected chi connectivity index (χ2v) is 5.47. The molecule has 0 fully saturated rings. The lowest BCUT2D eigenvalue weighted by Crippen LogP contribution is -2.24. The maximum Gasteiger partial charge on any atom is 0.343 e. The predicted molar refractivity (Wildman–Crippen MR) is 73.9 cm³/mol. The van der Waals surface area contributed by atoms with Crippen molar-refractivity contribution in [2.75, 3.05) is 19.0 Å². The van der Waals surface area contributed by atoms with Crippen molar-refractivity contribution >= 4 is 23.1 Å². The summed E-state index contributed by atoms with van der Waals surface area (Å²) in [4.78, 5) is 13.1. The summed E-state index contributed by atoms with van der Waals surface area (Å²) < 4.78 is 6.75. The molecular formula is C13H15N3O2S. The lowest BCUT2D eigenvalue weighted by Gasteiger charge is -2.25. The number of aromatic nitrogens is 2. The molecule has 0 radical (unpaired) electrons. The van der Waals surface area contributed by atoms with Crippen LogP contribution in [0.2, 0.25) is 0 Å². The van der Waals surface area contributed by atoms with Gasteiger partial charge in [0, 0.05) is 11.4 Å². The van der Waals surface area contributed by atoms with E-state index in [4.69, 9.17) is 4.74 Å². The Kier molecular flexibility index (Phi) is 3.02. The Morgan fingerprint density at radius 3 is 3.16 bits per heavy atom. The Balaban J connectivity index is 2.09. The van der Waals surface area contributed by atoms with Gasteiger partial charge in [-0.2, -0.15) is 5.10 Å². The molecule has 1 atom stereocenters. The summed E-state index contributed by atoms with van der Waals surface area (Å²) >= 11 is 1.72. The van der Waals surface area contributed by atoms with Gasteiger partial charge in [0.05, 0.1) is 18.8 Å². The van der Waals surface area contributed by atoms with Gasteiger partial charge in [-0.3, -0.25) is 0 Å². The molecule has 0 saturated heterocycles. The van der Waals surface area contributed by atoms with Crippen molar-refractivity contribution in [2.24, 2.45) is 0 Å². The molecule has 0 saturated carbocycles. The number of nitrogens with zero attached hydrogens (tertiary/aromatic N) is 2. The lowest BCUT2D eigenvalue weighted by atomic mass is 10.1. The largest absolute Gasteiger partial charge is 0.465 e. The Bertz CT molecular complexity index is 604. The van der Waals surface area contributed by atoms with Crippen LogP contribution < -0.4 is 5.32 Å². The molecule has 1 N–H and O–H groups in total. The highest BCUT2D eigenvalue weighted by molar-refractivity contribution is 7.10. The highest BCUT2D eigenvalue weighted by atomic mass is 32.1. The minimum absolute atomic E-state index is 0.202. The molecule has 6 heteroatoms. The van der Waals surface area contributed by atoms with Crippen LogP contribution >= 0.6 is 11.3 Å². The van der Waals surface area contributed by atoms with E-state index in [9.17, 15) is 4.79 Å². The van der Waals surface area contributed by atoms with Gasteiger partial charge in [0.15, 0.2) is 0 Å². The normalized spacial score (nSPS) is 17.7. The third-order valence-electron chi connectivity index (χ3n) is 3.35. The van der Waals surface area contributed by atoms with Gasteiger partial charge in [-0.05, 0) is 24.8 Å². The van der Waals surface area contributed by atoms with Crippen molar-refractivity contribution in [3.05, 3.63) is 33.6 Å². The van der Waals surface area contributed by atoms with Gasteiger partial charge in [-0.15, -0.1) is 11.3 Å². The van der Waals surface area contributed by atoms with Gasteiger partial charge < -0.3 is 10.1 Å². The number of carbonyl (C=O) groups is 1. The smallest absolute Gasteiger partial charge is 0.343 e. The standard InChI is InChI=1S/C13H15N3O2S/c1-8-11(13(17)18-2)12-14-6-5-9(16(12)15-8)10-4-3-7-19-10/h3-4,7,9,14H,5-6H2,1-2H3. The zero-order chi connectivity index (χ0) is 13.4. The molecule has 19 heavy (non-hydrogen) atoms. The van der Waals surface area contributed by atoms with E-state index in [1.54, 1.807) is 11.3 Å². The van der Waals surface area contributed by atoms with E-state index in [1.807, 2.05) is 17.7 Å². The fourth-order valence-corrected chi connectivity index (χ4v) is 3.33. The molecule has 0 bridgehead atoms. The highest BCUT2D eigenvalue weighted by Crippen LogP contribution is 2.34. The number of aryl methyl sites for hydroxylation is 1. The van der Waals surface area contributed by atoms with E-state index in [-0.39, 0.29) is 12.0 Å². The van der Waals surface area contributed by atoms with Crippen LogP contribution in [-0.2, 0) is 4.74 Å². The highest BCUT2D eigenvalue weighted by Gasteiger charge is 2.30. The first-order valence-corrected chi connectivity index (χ1v) is 7.05. The van der Waals surface area contributed by atoms with Crippen molar-refractivity contribution in [2.45, 2.75) is 19.4 Å². The molecule has 2 aromatic heterocycles. The summed E-state index contributed by atoms with van der Waals surface area (Å²) in [5.41, 5.74) is 1.25. The van der Waals surface area contributed by atoms with E-state index in [1.165, 1.54) is 12.0 Å². The Hall–Kier alpha value is -1.82. The number of methoxy groups -OCH3 is 1. The number of nitrogens with one attached hydrogen (secondary N) is 1. The van der Waals surface area contributed by atoms with E-state index >= 15 is 0 Å². The molecule has 0 spiro atoms. The van der Waals surface area contributed by atoms with Gasteiger partial charge in [-0.1, -0.05) is 6.07 Å². The molecule has 1 aliphatic heterocycles. The van der Waals surface area contributed by atoms with Crippen LogP contribution in [0.4, 0.5) is 5.82 Å². The summed E-state index contributed by atoms with van der Waals surface area (Å²) in [5, 5.41) is 9.85. The third-order valence-corrected chi connectivity index (χ3v) is 4.33. The number of hydrogen-bond acceptors (Lipinski definition) is 5. The summed E-state index contributed by atoms with van der Waals surface area (Å²) in [6.45, 7) is 2.67. The van der Waals surface area contributed by atoms with Crippen LogP contribution in [-0.4, -0.2) is 29.4 Å². The summed E-state index contributed by atoms with van der Waals surface area (Å²) in [7, 11) is 1.39. The second kappa shape index (κ2) is 4.70. The van der Waals surface area contributed by atoms with Crippen molar-refractivity contribution in [3.63, 3.8) is 0 Å².